The molecule has 0 fully saturated rings. The van der Waals surface area contributed by atoms with Gasteiger partial charge in [-0.2, -0.15) is 0 Å². The normalized spacial score (nSPS) is 14.7. The number of ether oxygens (including phenoxy) is 4. The summed E-state index contributed by atoms with van der Waals surface area (Å²) < 4.78 is 68.3. The van der Waals surface area contributed by atoms with Crippen LogP contribution in [0.15, 0.2) is 134 Å². The number of unbranched alkanes of at least 4 members (excludes halogenated alkanes) is 24. The average molecular weight is 1440 g/mol. The zero-order valence-electron chi connectivity index (χ0n) is 62.3. The fraction of sp³-hybridized carbons (Fsp3) is 0.679. The molecule has 19 heteroatoms. The highest BCUT2D eigenvalue weighted by Gasteiger charge is 2.30. The van der Waals surface area contributed by atoms with Crippen LogP contribution in [0, 0.1) is 0 Å². The Morgan fingerprint density at radius 2 is 0.560 bits per heavy atom. The minimum atomic E-state index is -5.01. The van der Waals surface area contributed by atoms with Crippen LogP contribution in [0.2, 0.25) is 0 Å². The summed E-state index contributed by atoms with van der Waals surface area (Å²) in [5, 5.41) is 10.6. The molecule has 0 bridgehead atoms. The van der Waals surface area contributed by atoms with Gasteiger partial charge in [-0.3, -0.25) is 37.3 Å². The standard InChI is InChI=1S/C81H136O17P2/c1-5-9-13-17-21-25-29-33-35-36-37-38-40-43-46-50-54-58-62-66-79(84)92-72-77(98-81(86)68-64-60-56-52-48-44-39-34-30-26-22-18-14-10-6-2)74-96-100(89,90)94-70-75(82)69-93-99(87,88)95-73-76(97-80(85)67-63-59-55-51-47-42-32-28-24-20-16-12-8-4)71-91-78(83)65-61-57-53-49-45-41-31-27-23-19-15-11-7-3/h9-10,13-14,21-22,25-27,31,33-35,37-39,43,46,48,52,60,64,75-77,82H,5-8,11-12,15-20,23-24,28-30,32,36,40-42,44-45,47,49-51,53-59,61-63,65-74H2,1-4H3,(H,87,88)(H,89,90)/b13-9-,14-10-,25-21-,26-22-,31-27-,35-33-,38-37-,39-34-,46-43-,52-48-,64-60-. The van der Waals surface area contributed by atoms with Gasteiger partial charge in [-0.05, 0) is 122 Å². The molecule has 0 spiro atoms. The number of hydrogen-bond acceptors (Lipinski definition) is 15. The monoisotopic (exact) mass is 1440 g/mol. The van der Waals surface area contributed by atoms with Gasteiger partial charge < -0.3 is 33.8 Å². The van der Waals surface area contributed by atoms with Crippen molar-refractivity contribution >= 4 is 39.5 Å². The Hall–Kier alpha value is -4.80. The molecule has 0 aliphatic rings. The van der Waals surface area contributed by atoms with E-state index in [4.69, 9.17) is 37.0 Å². The lowest BCUT2D eigenvalue weighted by atomic mass is 10.0. The molecule has 3 N–H and O–H groups in total. The van der Waals surface area contributed by atoms with E-state index < -0.39 is 97.5 Å². The van der Waals surface area contributed by atoms with Gasteiger partial charge in [0, 0.05) is 19.3 Å². The van der Waals surface area contributed by atoms with Crippen molar-refractivity contribution in [3.8, 4) is 0 Å². The molecule has 100 heavy (non-hydrogen) atoms. The quantitative estimate of drug-likeness (QED) is 0.0169. The predicted molar refractivity (Wildman–Crippen MR) is 408 cm³/mol. The van der Waals surface area contributed by atoms with Gasteiger partial charge in [-0.1, -0.05) is 283 Å². The summed E-state index contributed by atoms with van der Waals surface area (Å²) in [4.78, 5) is 72.8. The van der Waals surface area contributed by atoms with Gasteiger partial charge in [-0.15, -0.1) is 0 Å². The van der Waals surface area contributed by atoms with Crippen molar-refractivity contribution in [2.75, 3.05) is 39.6 Å². The smallest absolute Gasteiger partial charge is 0.462 e. The highest BCUT2D eigenvalue weighted by molar-refractivity contribution is 7.47. The first-order chi connectivity index (χ1) is 48.7. The first-order valence-electron chi connectivity index (χ1n) is 38.4. The summed E-state index contributed by atoms with van der Waals surface area (Å²) in [6, 6.07) is 0. The molecule has 0 rings (SSSR count). The lowest BCUT2D eigenvalue weighted by Gasteiger charge is -2.21. The number of phosphoric ester groups is 2. The predicted octanol–water partition coefficient (Wildman–Crippen LogP) is 22.1. The molecule has 0 aromatic carbocycles. The van der Waals surface area contributed by atoms with E-state index in [1.165, 1.54) is 77.0 Å². The summed E-state index contributed by atoms with van der Waals surface area (Å²) >= 11 is 0. The van der Waals surface area contributed by atoms with Crippen LogP contribution >= 0.6 is 15.6 Å². The van der Waals surface area contributed by atoms with Crippen molar-refractivity contribution in [3.05, 3.63) is 134 Å². The van der Waals surface area contributed by atoms with Crippen molar-refractivity contribution in [1.29, 1.82) is 0 Å². The minimum Gasteiger partial charge on any atom is -0.462 e. The highest BCUT2D eigenvalue weighted by atomic mass is 31.2. The first kappa shape index (κ1) is 95.2. The van der Waals surface area contributed by atoms with Crippen molar-refractivity contribution in [3.63, 3.8) is 0 Å². The first-order valence-corrected chi connectivity index (χ1v) is 41.4. The summed E-state index contributed by atoms with van der Waals surface area (Å²) in [5.74, 6) is -2.37. The van der Waals surface area contributed by atoms with Crippen molar-refractivity contribution in [1.82, 2.24) is 0 Å². The zero-order chi connectivity index (χ0) is 73.2. The van der Waals surface area contributed by atoms with E-state index in [0.29, 0.717) is 25.7 Å². The maximum Gasteiger partial charge on any atom is 0.472 e. The number of hydrogen-bond donors (Lipinski definition) is 3. The lowest BCUT2D eigenvalue weighted by Crippen LogP contribution is -2.30. The molecular formula is C81H136O17P2. The number of carbonyl (C=O) groups is 4. The number of aliphatic hydroxyl groups is 1. The Labute approximate surface area is 605 Å². The van der Waals surface area contributed by atoms with E-state index in [1.807, 2.05) is 12.2 Å². The Bertz CT molecular complexity index is 2420. The molecule has 0 saturated carbocycles. The van der Waals surface area contributed by atoms with Gasteiger partial charge in [-0.25, -0.2) is 9.13 Å². The van der Waals surface area contributed by atoms with Crippen LogP contribution in [0.1, 0.15) is 297 Å². The molecule has 0 aromatic rings. The van der Waals surface area contributed by atoms with Crippen LogP contribution < -0.4 is 0 Å². The van der Waals surface area contributed by atoms with E-state index in [9.17, 15) is 43.2 Å². The third-order valence-corrected chi connectivity index (χ3v) is 17.5. The number of rotatable bonds is 71. The zero-order valence-corrected chi connectivity index (χ0v) is 64.1. The fourth-order valence-electron chi connectivity index (χ4n) is 9.85. The van der Waals surface area contributed by atoms with E-state index >= 15 is 0 Å². The number of carbonyl (C=O) groups excluding carboxylic acids is 4. The molecule has 0 aliphatic heterocycles. The fourth-order valence-corrected chi connectivity index (χ4v) is 11.4. The van der Waals surface area contributed by atoms with Crippen molar-refractivity contribution in [2.45, 2.75) is 316 Å². The molecule has 5 atom stereocenters. The molecular weight excluding hydrogens is 1310 g/mol. The molecule has 0 heterocycles. The van der Waals surface area contributed by atoms with Gasteiger partial charge in [0.1, 0.15) is 19.3 Å². The molecule has 0 saturated heterocycles. The van der Waals surface area contributed by atoms with Crippen LogP contribution in [-0.2, 0) is 65.4 Å². The van der Waals surface area contributed by atoms with E-state index in [1.54, 1.807) is 12.2 Å². The highest BCUT2D eigenvalue weighted by Crippen LogP contribution is 2.45. The number of phosphoric acid groups is 2. The molecule has 0 amide bonds. The van der Waals surface area contributed by atoms with Crippen LogP contribution in [-0.4, -0.2) is 96.7 Å². The summed E-state index contributed by atoms with van der Waals surface area (Å²) in [6.45, 7) is 4.47. The van der Waals surface area contributed by atoms with Crippen LogP contribution in [0.25, 0.3) is 0 Å². The van der Waals surface area contributed by atoms with Gasteiger partial charge >= 0.3 is 39.5 Å². The minimum absolute atomic E-state index is 0.0915. The third-order valence-electron chi connectivity index (χ3n) is 15.6. The molecule has 572 valence electrons. The van der Waals surface area contributed by atoms with E-state index in [-0.39, 0.29) is 25.7 Å². The van der Waals surface area contributed by atoms with Crippen LogP contribution in [0.4, 0.5) is 0 Å². The number of aliphatic hydroxyl groups excluding tert-OH is 1. The van der Waals surface area contributed by atoms with Crippen molar-refractivity contribution < 1.29 is 80.2 Å². The van der Waals surface area contributed by atoms with Gasteiger partial charge in [0.05, 0.1) is 32.8 Å². The third kappa shape index (κ3) is 71.6. The van der Waals surface area contributed by atoms with Gasteiger partial charge in [0.15, 0.2) is 12.2 Å². The topological polar surface area (TPSA) is 237 Å². The Kier molecular flexibility index (Phi) is 69.1. The van der Waals surface area contributed by atoms with Gasteiger partial charge in [0.2, 0.25) is 0 Å². The lowest BCUT2D eigenvalue weighted by molar-refractivity contribution is -0.161. The van der Waals surface area contributed by atoms with E-state index in [2.05, 4.69) is 137 Å². The SMILES string of the molecule is CC/C=C\C/C=C\C/C=C\C/C=C\C/C=C\CCCCCC(=O)OCC(COP(=O)(O)OCC(O)COP(=O)(O)OCC(COC(=O)CCCCCCC/C=C\CCCCCC)OC(=O)CCCCCCCCCCCCCCC)OC(=O)C/C=C\C/C=C\C/C=C\C/C=C\C/C=C\CC. The molecule has 5 unspecified atom stereocenters. The number of allylic oxidation sites excluding steroid dienone is 21. The Morgan fingerprint density at radius 3 is 0.920 bits per heavy atom. The summed E-state index contributed by atoms with van der Waals surface area (Å²) in [5.41, 5.74) is 0. The Morgan fingerprint density at radius 1 is 0.300 bits per heavy atom. The van der Waals surface area contributed by atoms with Crippen LogP contribution in [0.5, 0.6) is 0 Å². The summed E-state index contributed by atoms with van der Waals surface area (Å²) in [7, 11) is -9.99. The maximum atomic E-state index is 13.1. The molecule has 0 radical (unpaired) electrons. The van der Waals surface area contributed by atoms with Crippen LogP contribution in [0.3, 0.4) is 0 Å². The second-order valence-electron chi connectivity index (χ2n) is 25.2. The van der Waals surface area contributed by atoms with Crippen molar-refractivity contribution in [2.24, 2.45) is 0 Å². The second kappa shape index (κ2) is 72.5. The molecule has 0 aromatic heterocycles. The second-order valence-corrected chi connectivity index (χ2v) is 28.1. The van der Waals surface area contributed by atoms with E-state index in [0.717, 1.165) is 141 Å². The largest absolute Gasteiger partial charge is 0.472 e. The molecule has 0 aliphatic carbocycles. The molecule has 17 nitrogen and oxygen atoms in total. The number of esters is 4. The van der Waals surface area contributed by atoms with Gasteiger partial charge in [0.25, 0.3) is 0 Å². The summed E-state index contributed by atoms with van der Waals surface area (Å²) in [6.07, 6.45) is 80.5. The maximum absolute atomic E-state index is 13.1. The Balaban J connectivity index is 5.45. The average Bonchev–Trinajstić information content (AvgIpc) is 0.946.